The fraction of sp³-hybridized carbons (Fsp3) is 0.500. The van der Waals surface area contributed by atoms with Crippen LogP contribution in [0.15, 0.2) is 30.3 Å². The Hall–Kier alpha value is -1.98. The summed E-state index contributed by atoms with van der Waals surface area (Å²) in [5.74, 6) is 2.66. The maximum atomic E-state index is 9.58. The number of aliphatic hydroxyl groups is 1. The second-order valence-electron chi connectivity index (χ2n) is 7.15. The van der Waals surface area contributed by atoms with Crippen molar-refractivity contribution in [2.45, 2.75) is 31.7 Å². The van der Waals surface area contributed by atoms with Gasteiger partial charge in [0.05, 0.1) is 19.4 Å². The molecule has 0 aliphatic carbocycles. The highest BCUT2D eigenvalue weighted by molar-refractivity contribution is 5.67. The van der Waals surface area contributed by atoms with Crippen molar-refractivity contribution < 1.29 is 9.84 Å². The lowest BCUT2D eigenvalue weighted by Crippen LogP contribution is -2.53. The molecule has 5 heteroatoms. The number of para-hydroxylation sites is 1. The first-order valence-corrected chi connectivity index (χ1v) is 9.03. The fourth-order valence-corrected chi connectivity index (χ4v) is 4.44. The van der Waals surface area contributed by atoms with Gasteiger partial charge in [0.15, 0.2) is 0 Å². The van der Waals surface area contributed by atoms with Crippen LogP contribution < -0.4 is 4.74 Å². The maximum Gasteiger partial charge on any atom is 0.128 e. The lowest BCUT2D eigenvalue weighted by Gasteiger charge is -2.49. The Morgan fingerprint density at radius 3 is 2.84 bits per heavy atom. The van der Waals surface area contributed by atoms with Crippen molar-refractivity contribution in [2.75, 3.05) is 26.8 Å². The molecule has 5 rings (SSSR count). The Kier molecular flexibility index (Phi) is 4.44. The third kappa shape index (κ3) is 3.02. The van der Waals surface area contributed by atoms with E-state index < -0.39 is 0 Å². The smallest absolute Gasteiger partial charge is 0.128 e. The van der Waals surface area contributed by atoms with Gasteiger partial charge in [-0.05, 0) is 50.4 Å². The van der Waals surface area contributed by atoms with E-state index >= 15 is 0 Å². The van der Waals surface area contributed by atoms with Gasteiger partial charge in [-0.2, -0.15) is 0 Å². The Morgan fingerprint density at radius 1 is 1.28 bits per heavy atom. The molecule has 4 heterocycles. The number of rotatable bonds is 4. The lowest BCUT2D eigenvalue weighted by atomic mass is 9.74. The van der Waals surface area contributed by atoms with Crippen molar-refractivity contribution in [1.82, 2.24) is 14.9 Å². The summed E-state index contributed by atoms with van der Waals surface area (Å²) in [4.78, 5) is 11.8. The predicted octanol–water partition coefficient (Wildman–Crippen LogP) is 2.63. The summed E-state index contributed by atoms with van der Waals surface area (Å²) in [5, 5.41) is 9.58. The molecule has 0 saturated carbocycles. The van der Waals surface area contributed by atoms with Crippen LogP contribution in [0.1, 0.15) is 30.3 Å². The van der Waals surface area contributed by atoms with Crippen molar-refractivity contribution in [1.29, 1.82) is 0 Å². The molecule has 3 aliphatic heterocycles. The molecule has 3 aliphatic rings. The zero-order chi connectivity index (χ0) is 17.4. The minimum atomic E-state index is 0.262. The molecule has 5 nitrogen and oxygen atoms in total. The van der Waals surface area contributed by atoms with E-state index in [-0.39, 0.29) is 6.61 Å². The van der Waals surface area contributed by atoms with E-state index in [0.717, 1.165) is 48.0 Å². The molecule has 1 aromatic carbocycles. The summed E-state index contributed by atoms with van der Waals surface area (Å²) in [6.45, 7) is 4.30. The number of aromatic nitrogens is 2. The molecule has 3 saturated heterocycles. The standard InChI is InChI=1S/C20H25N3O2/c1-13-21-18(16-5-3-4-6-20(16)25-2)10-19(22-13)17-11-23-8-7-14(17)9-15(23)12-24/h3-6,10,14-15,17,24H,7-9,11-12H2,1-2H3/t14-,15+,17+/m0/s1. The highest BCUT2D eigenvalue weighted by Gasteiger charge is 2.41. The summed E-state index contributed by atoms with van der Waals surface area (Å²) < 4.78 is 5.51. The van der Waals surface area contributed by atoms with E-state index in [2.05, 4.69) is 16.0 Å². The zero-order valence-electron chi connectivity index (χ0n) is 14.9. The second-order valence-corrected chi connectivity index (χ2v) is 7.15. The molecule has 1 N–H and O–H groups in total. The molecule has 25 heavy (non-hydrogen) atoms. The summed E-state index contributed by atoms with van der Waals surface area (Å²) in [6.07, 6.45) is 2.25. The summed E-state index contributed by atoms with van der Waals surface area (Å²) in [5.41, 5.74) is 3.06. The van der Waals surface area contributed by atoms with Gasteiger partial charge in [-0.1, -0.05) is 12.1 Å². The van der Waals surface area contributed by atoms with Crippen molar-refractivity contribution in [2.24, 2.45) is 5.92 Å². The maximum absolute atomic E-state index is 9.58. The molecule has 2 aromatic rings. The number of aliphatic hydroxyl groups excluding tert-OH is 1. The van der Waals surface area contributed by atoms with Crippen LogP contribution in [0.4, 0.5) is 0 Å². The molecule has 4 atom stereocenters. The van der Waals surface area contributed by atoms with Gasteiger partial charge in [0.2, 0.25) is 0 Å². The van der Waals surface area contributed by atoms with Crippen LogP contribution in [0.25, 0.3) is 11.3 Å². The van der Waals surface area contributed by atoms with Crippen LogP contribution in [-0.4, -0.2) is 52.8 Å². The van der Waals surface area contributed by atoms with Gasteiger partial charge >= 0.3 is 0 Å². The van der Waals surface area contributed by atoms with Crippen LogP contribution in [0.5, 0.6) is 5.75 Å². The number of aryl methyl sites for hydroxylation is 1. The van der Waals surface area contributed by atoms with Gasteiger partial charge in [-0.3, -0.25) is 4.90 Å². The van der Waals surface area contributed by atoms with Crippen LogP contribution >= 0.6 is 0 Å². The third-order valence-corrected chi connectivity index (χ3v) is 5.71. The van der Waals surface area contributed by atoms with Gasteiger partial charge in [-0.15, -0.1) is 0 Å². The van der Waals surface area contributed by atoms with E-state index in [1.165, 1.54) is 6.42 Å². The largest absolute Gasteiger partial charge is 0.496 e. The van der Waals surface area contributed by atoms with Gasteiger partial charge in [-0.25, -0.2) is 9.97 Å². The fourth-order valence-electron chi connectivity index (χ4n) is 4.44. The lowest BCUT2D eigenvalue weighted by molar-refractivity contribution is 0.00182. The normalized spacial score (nSPS) is 28.1. The first kappa shape index (κ1) is 16.5. The van der Waals surface area contributed by atoms with Gasteiger partial charge < -0.3 is 9.84 Å². The molecular formula is C20H25N3O2. The summed E-state index contributed by atoms with van der Waals surface area (Å²) in [6, 6.07) is 10.4. The van der Waals surface area contributed by atoms with Gasteiger partial charge in [0.1, 0.15) is 11.6 Å². The molecule has 0 spiro atoms. The first-order chi connectivity index (χ1) is 12.2. The molecule has 3 fully saturated rings. The van der Waals surface area contributed by atoms with E-state index in [4.69, 9.17) is 9.72 Å². The molecule has 0 amide bonds. The Bertz CT molecular complexity index is 764. The van der Waals surface area contributed by atoms with Crippen molar-refractivity contribution in [3.8, 4) is 17.0 Å². The molecular weight excluding hydrogens is 314 g/mol. The third-order valence-electron chi connectivity index (χ3n) is 5.71. The van der Waals surface area contributed by atoms with Crippen LogP contribution in [0.2, 0.25) is 0 Å². The first-order valence-electron chi connectivity index (χ1n) is 9.03. The number of benzene rings is 1. The van der Waals surface area contributed by atoms with Gasteiger partial charge in [0, 0.05) is 29.8 Å². The van der Waals surface area contributed by atoms with Crippen LogP contribution in [0.3, 0.4) is 0 Å². The number of fused-ring (bicyclic) bond motifs is 3. The highest BCUT2D eigenvalue weighted by Crippen LogP contribution is 2.42. The second kappa shape index (κ2) is 6.73. The molecule has 0 radical (unpaired) electrons. The number of piperidine rings is 3. The van der Waals surface area contributed by atoms with Crippen molar-refractivity contribution in [3.05, 3.63) is 41.9 Å². The Morgan fingerprint density at radius 2 is 2.12 bits per heavy atom. The van der Waals surface area contributed by atoms with E-state index in [1.54, 1.807) is 7.11 Å². The molecule has 1 unspecified atom stereocenters. The van der Waals surface area contributed by atoms with Gasteiger partial charge in [0.25, 0.3) is 0 Å². The number of nitrogens with zero attached hydrogens (tertiary/aromatic N) is 3. The van der Waals surface area contributed by atoms with Crippen molar-refractivity contribution in [3.63, 3.8) is 0 Å². The topological polar surface area (TPSA) is 58.5 Å². The Labute approximate surface area is 148 Å². The van der Waals surface area contributed by atoms with E-state index in [1.807, 2.05) is 31.2 Å². The minimum absolute atomic E-state index is 0.262. The molecule has 132 valence electrons. The predicted molar refractivity (Wildman–Crippen MR) is 96.7 cm³/mol. The average molecular weight is 339 g/mol. The highest BCUT2D eigenvalue weighted by atomic mass is 16.5. The SMILES string of the molecule is COc1ccccc1-c1cc([C@@H]2CN3CC[C@H]2C[C@@H]3CO)nc(C)n1. The number of hydrogen-bond acceptors (Lipinski definition) is 5. The number of hydrogen-bond donors (Lipinski definition) is 1. The summed E-state index contributed by atoms with van der Waals surface area (Å²) >= 11 is 0. The monoisotopic (exact) mass is 339 g/mol. The number of ether oxygens (including phenoxy) is 1. The van der Waals surface area contributed by atoms with Crippen LogP contribution in [-0.2, 0) is 0 Å². The average Bonchev–Trinajstić information content (AvgIpc) is 2.67. The summed E-state index contributed by atoms with van der Waals surface area (Å²) in [7, 11) is 1.69. The molecule has 1 aromatic heterocycles. The Balaban J connectivity index is 1.69. The molecule has 2 bridgehead atoms. The zero-order valence-corrected chi connectivity index (χ0v) is 14.9. The van der Waals surface area contributed by atoms with Crippen molar-refractivity contribution >= 4 is 0 Å². The quantitative estimate of drug-likeness (QED) is 0.928. The number of methoxy groups -OCH3 is 1. The van der Waals surface area contributed by atoms with E-state index in [0.29, 0.717) is 17.9 Å². The van der Waals surface area contributed by atoms with E-state index in [9.17, 15) is 5.11 Å². The minimum Gasteiger partial charge on any atom is -0.496 e. The van der Waals surface area contributed by atoms with Crippen LogP contribution in [0, 0.1) is 12.8 Å².